The lowest BCUT2D eigenvalue weighted by molar-refractivity contribution is 0.288. The van der Waals surface area contributed by atoms with Crippen LogP contribution in [0.25, 0.3) is 22.8 Å². The zero-order valence-electron chi connectivity index (χ0n) is 14.4. The first-order valence-corrected chi connectivity index (χ1v) is 8.28. The summed E-state index contributed by atoms with van der Waals surface area (Å²) in [5.74, 6) is 2.33. The Labute approximate surface area is 146 Å². The highest BCUT2D eigenvalue weighted by molar-refractivity contribution is 5.63. The Balaban J connectivity index is 1.89. The van der Waals surface area contributed by atoms with Gasteiger partial charge in [0.2, 0.25) is 5.82 Å². The average Bonchev–Trinajstić information content (AvgIpc) is 3.14. The Kier molecular flexibility index (Phi) is 5.30. The molecule has 130 valence electrons. The van der Waals surface area contributed by atoms with E-state index < -0.39 is 0 Å². The van der Waals surface area contributed by atoms with E-state index in [1.54, 1.807) is 0 Å². The zero-order chi connectivity index (χ0) is 17.6. The van der Waals surface area contributed by atoms with Gasteiger partial charge in [-0.2, -0.15) is 4.98 Å². The SMILES string of the molecule is CCOc1ccc(-c2nc(-c3ccc(CN)cc3)no2)cc1OCC. The van der Waals surface area contributed by atoms with Crippen LogP contribution < -0.4 is 15.2 Å². The summed E-state index contributed by atoms with van der Waals surface area (Å²) in [5.41, 5.74) is 8.33. The lowest BCUT2D eigenvalue weighted by Crippen LogP contribution is -1.98. The third kappa shape index (κ3) is 3.80. The van der Waals surface area contributed by atoms with Gasteiger partial charge < -0.3 is 19.7 Å². The van der Waals surface area contributed by atoms with Crippen molar-refractivity contribution in [1.82, 2.24) is 10.1 Å². The molecule has 0 fully saturated rings. The molecule has 0 amide bonds. The van der Waals surface area contributed by atoms with E-state index in [0.29, 0.717) is 43.0 Å². The predicted octanol–water partition coefficient (Wildman–Crippen LogP) is 3.66. The maximum Gasteiger partial charge on any atom is 0.258 e. The van der Waals surface area contributed by atoms with Gasteiger partial charge in [0.05, 0.1) is 13.2 Å². The summed E-state index contributed by atoms with van der Waals surface area (Å²) < 4.78 is 16.6. The maximum atomic E-state index is 5.64. The Bertz CT molecular complexity index is 828. The highest BCUT2D eigenvalue weighted by Gasteiger charge is 2.14. The van der Waals surface area contributed by atoms with Gasteiger partial charge in [-0.15, -0.1) is 0 Å². The molecule has 0 aliphatic rings. The molecular weight excluding hydrogens is 318 g/mol. The molecule has 25 heavy (non-hydrogen) atoms. The van der Waals surface area contributed by atoms with Crippen LogP contribution in [-0.2, 0) is 6.54 Å². The fraction of sp³-hybridized carbons (Fsp3) is 0.263. The first kappa shape index (κ1) is 17.0. The van der Waals surface area contributed by atoms with Crippen LogP contribution in [0.5, 0.6) is 11.5 Å². The Morgan fingerprint density at radius 2 is 1.60 bits per heavy atom. The molecule has 0 aliphatic carbocycles. The van der Waals surface area contributed by atoms with Gasteiger partial charge in [-0.25, -0.2) is 0 Å². The summed E-state index contributed by atoms with van der Waals surface area (Å²) in [6, 6.07) is 13.3. The molecule has 0 bridgehead atoms. The largest absolute Gasteiger partial charge is 0.490 e. The summed E-state index contributed by atoms with van der Waals surface area (Å²) in [6.07, 6.45) is 0. The molecule has 0 atom stereocenters. The van der Waals surface area contributed by atoms with E-state index in [-0.39, 0.29) is 0 Å². The number of ether oxygens (including phenoxy) is 2. The summed E-state index contributed by atoms with van der Waals surface area (Å²) in [5, 5.41) is 4.06. The second-order valence-corrected chi connectivity index (χ2v) is 5.35. The molecule has 0 spiro atoms. The highest BCUT2D eigenvalue weighted by atomic mass is 16.5. The van der Waals surface area contributed by atoms with Crippen LogP contribution in [0.4, 0.5) is 0 Å². The van der Waals surface area contributed by atoms with Gasteiger partial charge in [0.25, 0.3) is 5.89 Å². The molecular formula is C19H21N3O3. The number of aromatic nitrogens is 2. The summed E-state index contributed by atoms with van der Waals surface area (Å²) in [6.45, 7) is 5.49. The minimum absolute atomic E-state index is 0.432. The Morgan fingerprint density at radius 3 is 2.28 bits per heavy atom. The zero-order valence-corrected chi connectivity index (χ0v) is 14.4. The quantitative estimate of drug-likeness (QED) is 0.707. The van der Waals surface area contributed by atoms with E-state index in [4.69, 9.17) is 19.7 Å². The van der Waals surface area contributed by atoms with Gasteiger partial charge in [0, 0.05) is 17.7 Å². The third-order valence-electron chi connectivity index (χ3n) is 3.66. The average molecular weight is 339 g/mol. The second-order valence-electron chi connectivity index (χ2n) is 5.35. The van der Waals surface area contributed by atoms with Crippen molar-refractivity contribution in [3.63, 3.8) is 0 Å². The Morgan fingerprint density at radius 1 is 0.920 bits per heavy atom. The molecule has 0 radical (unpaired) electrons. The molecule has 0 saturated carbocycles. The van der Waals surface area contributed by atoms with Crippen LogP contribution in [0, 0.1) is 0 Å². The third-order valence-corrected chi connectivity index (χ3v) is 3.66. The van der Waals surface area contributed by atoms with E-state index in [1.165, 1.54) is 0 Å². The molecule has 1 aromatic heterocycles. The van der Waals surface area contributed by atoms with Crippen LogP contribution >= 0.6 is 0 Å². The number of benzene rings is 2. The maximum absolute atomic E-state index is 5.64. The second kappa shape index (κ2) is 7.81. The van der Waals surface area contributed by atoms with Crippen molar-refractivity contribution in [3.05, 3.63) is 48.0 Å². The highest BCUT2D eigenvalue weighted by Crippen LogP contribution is 2.33. The van der Waals surface area contributed by atoms with Crippen molar-refractivity contribution in [2.45, 2.75) is 20.4 Å². The lowest BCUT2D eigenvalue weighted by atomic mass is 10.1. The molecule has 0 unspecified atom stereocenters. The van der Waals surface area contributed by atoms with Gasteiger partial charge in [0.1, 0.15) is 0 Å². The van der Waals surface area contributed by atoms with Gasteiger partial charge >= 0.3 is 0 Å². The van der Waals surface area contributed by atoms with Crippen molar-refractivity contribution < 1.29 is 14.0 Å². The lowest BCUT2D eigenvalue weighted by Gasteiger charge is -2.11. The van der Waals surface area contributed by atoms with Gasteiger partial charge in [-0.1, -0.05) is 29.4 Å². The minimum Gasteiger partial charge on any atom is -0.490 e. The fourth-order valence-electron chi connectivity index (χ4n) is 2.43. The first-order valence-electron chi connectivity index (χ1n) is 8.28. The first-order chi connectivity index (χ1) is 12.2. The van der Waals surface area contributed by atoms with Crippen molar-refractivity contribution in [2.75, 3.05) is 13.2 Å². The monoisotopic (exact) mass is 339 g/mol. The summed E-state index contributed by atoms with van der Waals surface area (Å²) >= 11 is 0. The van der Waals surface area contributed by atoms with E-state index in [0.717, 1.165) is 16.7 Å². The van der Waals surface area contributed by atoms with Gasteiger partial charge in [-0.3, -0.25) is 0 Å². The van der Waals surface area contributed by atoms with Crippen LogP contribution in [-0.4, -0.2) is 23.4 Å². The van der Waals surface area contributed by atoms with Crippen LogP contribution in [0.3, 0.4) is 0 Å². The smallest absolute Gasteiger partial charge is 0.258 e. The van der Waals surface area contributed by atoms with E-state index in [1.807, 2.05) is 56.3 Å². The van der Waals surface area contributed by atoms with E-state index >= 15 is 0 Å². The fourth-order valence-corrected chi connectivity index (χ4v) is 2.43. The number of hydrogen-bond acceptors (Lipinski definition) is 6. The van der Waals surface area contributed by atoms with Gasteiger partial charge in [0.15, 0.2) is 11.5 Å². The summed E-state index contributed by atoms with van der Waals surface area (Å²) in [4.78, 5) is 4.48. The molecule has 6 nitrogen and oxygen atoms in total. The number of nitrogens with two attached hydrogens (primary N) is 1. The molecule has 2 aromatic carbocycles. The normalized spacial score (nSPS) is 10.7. The van der Waals surface area contributed by atoms with Crippen molar-refractivity contribution in [1.29, 1.82) is 0 Å². The molecule has 6 heteroatoms. The summed E-state index contributed by atoms with van der Waals surface area (Å²) in [7, 11) is 0. The number of nitrogens with zero attached hydrogens (tertiary/aromatic N) is 2. The Hall–Kier alpha value is -2.86. The topological polar surface area (TPSA) is 83.4 Å². The van der Waals surface area contributed by atoms with E-state index in [9.17, 15) is 0 Å². The van der Waals surface area contributed by atoms with Gasteiger partial charge in [-0.05, 0) is 37.6 Å². The molecule has 1 heterocycles. The van der Waals surface area contributed by atoms with Crippen LogP contribution in [0.1, 0.15) is 19.4 Å². The number of hydrogen-bond donors (Lipinski definition) is 1. The van der Waals surface area contributed by atoms with Crippen LogP contribution in [0.15, 0.2) is 47.0 Å². The van der Waals surface area contributed by atoms with Crippen molar-refractivity contribution >= 4 is 0 Å². The predicted molar refractivity (Wildman–Crippen MR) is 95.4 cm³/mol. The molecule has 2 N–H and O–H groups in total. The molecule has 0 saturated heterocycles. The van der Waals surface area contributed by atoms with E-state index in [2.05, 4.69) is 10.1 Å². The van der Waals surface area contributed by atoms with Crippen molar-refractivity contribution in [2.24, 2.45) is 5.73 Å². The number of rotatable bonds is 7. The molecule has 0 aliphatic heterocycles. The van der Waals surface area contributed by atoms with Crippen molar-refractivity contribution in [3.8, 4) is 34.3 Å². The van der Waals surface area contributed by atoms with Crippen LogP contribution in [0.2, 0.25) is 0 Å². The molecule has 3 rings (SSSR count). The standard InChI is InChI=1S/C19H21N3O3/c1-3-23-16-10-9-15(11-17(16)24-4-2)19-21-18(22-25-19)14-7-5-13(12-20)6-8-14/h5-11H,3-4,12,20H2,1-2H3. The molecule has 3 aromatic rings. The minimum atomic E-state index is 0.432.